The molecule has 0 unspecified atom stereocenters. The number of aromatic nitrogens is 1. The van der Waals surface area contributed by atoms with Crippen LogP contribution in [0, 0.1) is 0 Å². The van der Waals surface area contributed by atoms with Crippen molar-refractivity contribution in [3.63, 3.8) is 0 Å². The minimum atomic E-state index is -0.494. The summed E-state index contributed by atoms with van der Waals surface area (Å²) in [4.78, 5) is 24.2. The molecular weight excluding hydrogens is 328 g/mol. The molecule has 1 N–H and O–H groups in total. The molecule has 1 heterocycles. The molecule has 3 rings (SSSR count). The van der Waals surface area contributed by atoms with Crippen molar-refractivity contribution >= 4 is 40.1 Å². The number of rotatable bonds is 3. The van der Waals surface area contributed by atoms with Crippen molar-refractivity contribution in [2.24, 2.45) is 7.05 Å². The molecule has 0 atom stereocenters. The molecule has 24 heavy (non-hydrogen) atoms. The monoisotopic (exact) mass is 342 g/mol. The number of halogens is 1. The Morgan fingerprint density at radius 1 is 1.12 bits per heavy atom. The van der Waals surface area contributed by atoms with Crippen molar-refractivity contribution in [3.8, 4) is 0 Å². The highest BCUT2D eigenvalue weighted by atomic mass is 35.5. The number of hydrogen-bond acceptors (Lipinski definition) is 3. The molecule has 0 aliphatic rings. The molecule has 6 heteroatoms. The Bertz CT molecular complexity index is 947. The van der Waals surface area contributed by atoms with Gasteiger partial charge in [0.25, 0.3) is 5.91 Å². The minimum absolute atomic E-state index is 0.308. The third kappa shape index (κ3) is 2.86. The number of methoxy groups -OCH3 is 1. The number of aryl methyl sites for hydroxylation is 1. The van der Waals surface area contributed by atoms with E-state index in [0.717, 1.165) is 10.9 Å². The van der Waals surface area contributed by atoms with Gasteiger partial charge in [-0.25, -0.2) is 4.79 Å². The smallest absolute Gasteiger partial charge is 0.337 e. The zero-order chi connectivity index (χ0) is 17.3. The minimum Gasteiger partial charge on any atom is -0.465 e. The lowest BCUT2D eigenvalue weighted by molar-refractivity contribution is 0.0600. The summed E-state index contributed by atoms with van der Waals surface area (Å²) >= 11 is 6.12. The normalized spacial score (nSPS) is 10.6. The lowest BCUT2D eigenvalue weighted by atomic mass is 10.2. The molecule has 1 aromatic heterocycles. The van der Waals surface area contributed by atoms with E-state index in [2.05, 4.69) is 10.1 Å². The number of carbonyl (C=O) groups excluding carboxylic acids is 2. The first-order valence-electron chi connectivity index (χ1n) is 7.25. The first-order chi connectivity index (χ1) is 11.5. The first kappa shape index (κ1) is 16.1. The number of carbonyl (C=O) groups is 2. The maximum Gasteiger partial charge on any atom is 0.337 e. The Balaban J connectivity index is 1.94. The van der Waals surface area contributed by atoms with Gasteiger partial charge < -0.3 is 14.6 Å². The number of ether oxygens (including phenoxy) is 1. The summed E-state index contributed by atoms with van der Waals surface area (Å²) < 4.78 is 6.49. The standard InChI is InChI=1S/C18H15ClN2O3/c1-21-15-6-4-3-5-11(15)10-16(21)17(22)20-14-9-12(18(23)24-2)7-8-13(14)19/h3-10H,1-2H3,(H,20,22). The number of benzene rings is 2. The number of fused-ring (bicyclic) bond motifs is 1. The van der Waals surface area contributed by atoms with Crippen LogP contribution in [-0.4, -0.2) is 23.6 Å². The second-order valence-corrected chi connectivity index (χ2v) is 5.69. The summed E-state index contributed by atoms with van der Waals surface area (Å²) in [5.74, 6) is -0.801. The highest BCUT2D eigenvalue weighted by Crippen LogP contribution is 2.25. The Morgan fingerprint density at radius 2 is 1.88 bits per heavy atom. The van der Waals surface area contributed by atoms with E-state index >= 15 is 0 Å². The molecule has 0 saturated heterocycles. The molecule has 0 bridgehead atoms. The van der Waals surface area contributed by atoms with Gasteiger partial charge in [0.1, 0.15) is 5.69 Å². The number of nitrogens with zero attached hydrogens (tertiary/aromatic N) is 1. The molecule has 0 radical (unpaired) electrons. The fourth-order valence-electron chi connectivity index (χ4n) is 2.56. The predicted octanol–water partition coefficient (Wildman–Crippen LogP) is 3.87. The molecule has 0 saturated carbocycles. The SMILES string of the molecule is COC(=O)c1ccc(Cl)c(NC(=O)c2cc3ccccc3n2C)c1. The van der Waals surface area contributed by atoms with Gasteiger partial charge >= 0.3 is 5.97 Å². The highest BCUT2D eigenvalue weighted by molar-refractivity contribution is 6.34. The van der Waals surface area contributed by atoms with Crippen LogP contribution in [0.15, 0.2) is 48.5 Å². The lowest BCUT2D eigenvalue weighted by Gasteiger charge is -2.09. The molecule has 5 nitrogen and oxygen atoms in total. The van der Waals surface area contributed by atoms with Crippen LogP contribution in [0.1, 0.15) is 20.8 Å². The molecule has 0 spiro atoms. The van der Waals surface area contributed by atoms with Gasteiger partial charge in [-0.1, -0.05) is 29.8 Å². The third-order valence-corrected chi connectivity index (χ3v) is 4.15. The van der Waals surface area contributed by atoms with E-state index in [1.807, 2.05) is 41.9 Å². The van der Waals surface area contributed by atoms with Crippen molar-refractivity contribution in [2.75, 3.05) is 12.4 Å². The molecule has 3 aromatic rings. The van der Waals surface area contributed by atoms with Crippen molar-refractivity contribution < 1.29 is 14.3 Å². The Labute approximate surface area is 143 Å². The summed E-state index contributed by atoms with van der Waals surface area (Å²) in [7, 11) is 3.12. The summed E-state index contributed by atoms with van der Waals surface area (Å²) in [5, 5.41) is 4.06. The van der Waals surface area contributed by atoms with Crippen LogP contribution in [0.2, 0.25) is 5.02 Å². The molecule has 1 amide bonds. The van der Waals surface area contributed by atoms with E-state index in [9.17, 15) is 9.59 Å². The van der Waals surface area contributed by atoms with Crippen LogP contribution < -0.4 is 5.32 Å². The highest BCUT2D eigenvalue weighted by Gasteiger charge is 2.16. The van der Waals surface area contributed by atoms with Crippen LogP contribution in [0.3, 0.4) is 0 Å². The van der Waals surface area contributed by atoms with Gasteiger partial charge in [0.2, 0.25) is 0 Å². The van der Waals surface area contributed by atoms with Crippen molar-refractivity contribution in [3.05, 3.63) is 64.8 Å². The molecular formula is C18H15ClN2O3. The fourth-order valence-corrected chi connectivity index (χ4v) is 2.72. The number of hydrogen-bond donors (Lipinski definition) is 1. The third-order valence-electron chi connectivity index (χ3n) is 3.82. The number of nitrogens with one attached hydrogen (secondary N) is 1. The average Bonchev–Trinajstić information content (AvgIpc) is 2.93. The zero-order valence-corrected chi connectivity index (χ0v) is 13.9. The summed E-state index contributed by atoms with van der Waals surface area (Å²) in [6.45, 7) is 0. The van der Waals surface area contributed by atoms with E-state index in [0.29, 0.717) is 22.0 Å². The topological polar surface area (TPSA) is 60.3 Å². The fraction of sp³-hybridized carbons (Fsp3) is 0.111. The summed E-state index contributed by atoms with van der Waals surface area (Å²) in [6.07, 6.45) is 0. The lowest BCUT2D eigenvalue weighted by Crippen LogP contribution is -2.16. The number of amides is 1. The quantitative estimate of drug-likeness (QED) is 0.735. The van der Waals surface area contributed by atoms with Crippen LogP contribution >= 0.6 is 11.6 Å². The second-order valence-electron chi connectivity index (χ2n) is 5.29. The second kappa shape index (κ2) is 6.37. The van der Waals surface area contributed by atoms with E-state index in [-0.39, 0.29) is 5.91 Å². The Kier molecular flexibility index (Phi) is 4.27. The van der Waals surface area contributed by atoms with Gasteiger partial charge in [-0.05, 0) is 30.3 Å². The summed E-state index contributed by atoms with van der Waals surface area (Å²) in [5.41, 5.74) is 2.12. The van der Waals surface area contributed by atoms with E-state index in [1.165, 1.54) is 13.2 Å². The van der Waals surface area contributed by atoms with Gasteiger partial charge in [0.05, 0.1) is 23.4 Å². The first-order valence-corrected chi connectivity index (χ1v) is 7.62. The maximum atomic E-state index is 12.6. The number of anilines is 1. The van der Waals surface area contributed by atoms with Gasteiger partial charge in [-0.2, -0.15) is 0 Å². The maximum absolute atomic E-state index is 12.6. The van der Waals surface area contributed by atoms with Crippen LogP contribution in [0.25, 0.3) is 10.9 Å². The van der Waals surface area contributed by atoms with Gasteiger partial charge in [-0.15, -0.1) is 0 Å². The van der Waals surface area contributed by atoms with Crippen LogP contribution in [-0.2, 0) is 11.8 Å². The van der Waals surface area contributed by atoms with Crippen LogP contribution in [0.4, 0.5) is 5.69 Å². The predicted molar refractivity (Wildman–Crippen MR) is 93.7 cm³/mol. The molecule has 122 valence electrons. The molecule has 2 aromatic carbocycles. The zero-order valence-electron chi connectivity index (χ0n) is 13.2. The van der Waals surface area contributed by atoms with Crippen molar-refractivity contribution in [1.29, 1.82) is 0 Å². The molecule has 0 aliphatic carbocycles. The van der Waals surface area contributed by atoms with Crippen molar-refractivity contribution in [2.45, 2.75) is 0 Å². The van der Waals surface area contributed by atoms with E-state index in [4.69, 9.17) is 11.6 Å². The van der Waals surface area contributed by atoms with Crippen LogP contribution in [0.5, 0.6) is 0 Å². The van der Waals surface area contributed by atoms with E-state index in [1.54, 1.807) is 12.1 Å². The number of esters is 1. The largest absolute Gasteiger partial charge is 0.465 e. The van der Waals surface area contributed by atoms with E-state index < -0.39 is 5.97 Å². The molecule has 0 aliphatic heterocycles. The number of para-hydroxylation sites is 1. The summed E-state index contributed by atoms with van der Waals surface area (Å²) in [6, 6.07) is 14.1. The molecule has 0 fully saturated rings. The van der Waals surface area contributed by atoms with Gasteiger partial charge in [0, 0.05) is 18.0 Å². The van der Waals surface area contributed by atoms with Crippen molar-refractivity contribution in [1.82, 2.24) is 4.57 Å². The Morgan fingerprint density at radius 3 is 2.58 bits per heavy atom. The average molecular weight is 343 g/mol. The van der Waals surface area contributed by atoms with Gasteiger partial charge in [0.15, 0.2) is 0 Å². The Hall–Kier alpha value is -2.79. The van der Waals surface area contributed by atoms with Gasteiger partial charge in [-0.3, -0.25) is 4.79 Å².